The molecular weight excluding hydrogens is 286 g/mol. The first-order chi connectivity index (χ1) is 11.2. The van der Waals surface area contributed by atoms with E-state index in [2.05, 4.69) is 4.98 Å². The average molecular weight is 305 g/mol. The zero-order valence-corrected chi connectivity index (χ0v) is 13.4. The Morgan fingerprint density at radius 3 is 2.04 bits per heavy atom. The second-order valence-electron chi connectivity index (χ2n) is 5.25. The second kappa shape index (κ2) is 6.57. The number of carbonyl (C=O) groups excluding carboxylic acids is 1. The van der Waals surface area contributed by atoms with E-state index in [-0.39, 0.29) is 5.91 Å². The minimum Gasteiger partial charge on any atom is -0.338 e. The van der Waals surface area contributed by atoms with Crippen molar-refractivity contribution in [2.75, 3.05) is 13.1 Å². The van der Waals surface area contributed by atoms with Gasteiger partial charge in [0, 0.05) is 18.7 Å². The Hall–Kier alpha value is -2.75. The molecule has 0 atom stereocenters. The lowest BCUT2D eigenvalue weighted by Gasteiger charge is -2.19. The van der Waals surface area contributed by atoms with Crippen LogP contribution < -0.4 is 0 Å². The number of nitrogens with zero attached hydrogens (tertiary/aromatic N) is 3. The SMILES string of the molecule is CCN(CC)C(=O)c1nc2ccccc2nc1-c1ccccc1. The molecule has 116 valence electrons. The van der Waals surface area contributed by atoms with Gasteiger partial charge in [-0.25, -0.2) is 9.97 Å². The summed E-state index contributed by atoms with van der Waals surface area (Å²) < 4.78 is 0. The fraction of sp³-hybridized carbons (Fsp3) is 0.211. The van der Waals surface area contributed by atoms with Crippen molar-refractivity contribution in [2.24, 2.45) is 0 Å². The van der Waals surface area contributed by atoms with Crippen LogP contribution in [0.1, 0.15) is 24.3 Å². The van der Waals surface area contributed by atoms with Crippen LogP contribution in [-0.2, 0) is 0 Å². The molecule has 0 aliphatic carbocycles. The summed E-state index contributed by atoms with van der Waals surface area (Å²) in [5.41, 5.74) is 3.49. The van der Waals surface area contributed by atoms with Crippen LogP contribution in [0, 0.1) is 0 Å². The zero-order chi connectivity index (χ0) is 16.2. The molecule has 4 nitrogen and oxygen atoms in total. The van der Waals surface area contributed by atoms with Crippen molar-refractivity contribution < 1.29 is 4.79 Å². The molecule has 0 saturated carbocycles. The van der Waals surface area contributed by atoms with E-state index in [9.17, 15) is 4.79 Å². The molecule has 3 rings (SSSR count). The highest BCUT2D eigenvalue weighted by Crippen LogP contribution is 2.24. The van der Waals surface area contributed by atoms with Gasteiger partial charge in [0.15, 0.2) is 5.69 Å². The lowest BCUT2D eigenvalue weighted by atomic mass is 10.1. The van der Waals surface area contributed by atoms with Gasteiger partial charge < -0.3 is 4.90 Å². The minimum atomic E-state index is -0.0768. The Balaban J connectivity index is 2.23. The van der Waals surface area contributed by atoms with Gasteiger partial charge in [-0.2, -0.15) is 0 Å². The first-order valence-corrected chi connectivity index (χ1v) is 7.86. The van der Waals surface area contributed by atoms with Gasteiger partial charge >= 0.3 is 0 Å². The molecule has 2 aromatic carbocycles. The van der Waals surface area contributed by atoms with E-state index in [1.54, 1.807) is 4.90 Å². The summed E-state index contributed by atoms with van der Waals surface area (Å²) in [4.78, 5) is 24.0. The van der Waals surface area contributed by atoms with E-state index in [1.807, 2.05) is 68.4 Å². The van der Waals surface area contributed by atoms with Crippen LogP contribution >= 0.6 is 0 Å². The Bertz CT molecular complexity index is 826. The fourth-order valence-corrected chi connectivity index (χ4v) is 2.61. The smallest absolute Gasteiger partial charge is 0.274 e. The van der Waals surface area contributed by atoms with Crippen LogP contribution in [0.25, 0.3) is 22.3 Å². The summed E-state index contributed by atoms with van der Waals surface area (Å²) in [6, 6.07) is 17.4. The largest absolute Gasteiger partial charge is 0.338 e. The molecule has 0 bridgehead atoms. The summed E-state index contributed by atoms with van der Waals surface area (Å²) in [6.45, 7) is 5.24. The highest BCUT2D eigenvalue weighted by Gasteiger charge is 2.21. The molecular formula is C19H19N3O. The van der Waals surface area contributed by atoms with Crippen LogP contribution in [0.15, 0.2) is 54.6 Å². The predicted octanol–water partition coefficient (Wildman–Crippen LogP) is 3.78. The molecule has 0 N–H and O–H groups in total. The molecule has 0 aliphatic rings. The molecule has 23 heavy (non-hydrogen) atoms. The number of aromatic nitrogens is 2. The van der Waals surface area contributed by atoms with Crippen LogP contribution in [-0.4, -0.2) is 33.9 Å². The Morgan fingerprint density at radius 1 is 0.870 bits per heavy atom. The summed E-state index contributed by atoms with van der Waals surface area (Å²) in [6.07, 6.45) is 0. The van der Waals surface area contributed by atoms with E-state index < -0.39 is 0 Å². The van der Waals surface area contributed by atoms with Crippen molar-refractivity contribution in [3.63, 3.8) is 0 Å². The van der Waals surface area contributed by atoms with E-state index >= 15 is 0 Å². The number of benzene rings is 2. The minimum absolute atomic E-state index is 0.0768. The molecule has 0 aliphatic heterocycles. The quantitative estimate of drug-likeness (QED) is 0.737. The number of hydrogen-bond acceptors (Lipinski definition) is 3. The third-order valence-electron chi connectivity index (χ3n) is 3.87. The van der Waals surface area contributed by atoms with Crippen molar-refractivity contribution >= 4 is 16.9 Å². The predicted molar refractivity (Wildman–Crippen MR) is 92.2 cm³/mol. The van der Waals surface area contributed by atoms with Gasteiger partial charge in [-0.15, -0.1) is 0 Å². The average Bonchev–Trinajstić information content (AvgIpc) is 2.62. The van der Waals surface area contributed by atoms with E-state index in [1.165, 1.54) is 0 Å². The maximum atomic E-state index is 12.9. The Morgan fingerprint density at radius 2 is 1.43 bits per heavy atom. The van der Waals surface area contributed by atoms with Crippen molar-refractivity contribution in [2.45, 2.75) is 13.8 Å². The molecule has 0 radical (unpaired) electrons. The number of rotatable bonds is 4. The van der Waals surface area contributed by atoms with Crippen LogP contribution in [0.4, 0.5) is 0 Å². The van der Waals surface area contributed by atoms with E-state index in [0.29, 0.717) is 24.5 Å². The third kappa shape index (κ3) is 2.93. The first kappa shape index (κ1) is 15.2. The molecule has 3 aromatic rings. The van der Waals surface area contributed by atoms with Crippen molar-refractivity contribution in [3.05, 3.63) is 60.3 Å². The van der Waals surface area contributed by atoms with Gasteiger partial charge in [0.25, 0.3) is 5.91 Å². The number of amides is 1. The summed E-state index contributed by atoms with van der Waals surface area (Å²) in [5, 5.41) is 0. The molecule has 0 unspecified atom stereocenters. The van der Waals surface area contributed by atoms with Crippen molar-refractivity contribution in [1.82, 2.24) is 14.9 Å². The number of para-hydroxylation sites is 2. The van der Waals surface area contributed by atoms with Gasteiger partial charge in [-0.05, 0) is 26.0 Å². The van der Waals surface area contributed by atoms with Crippen molar-refractivity contribution in [3.8, 4) is 11.3 Å². The highest BCUT2D eigenvalue weighted by molar-refractivity contribution is 6.00. The van der Waals surface area contributed by atoms with Crippen molar-refractivity contribution in [1.29, 1.82) is 0 Å². The molecule has 4 heteroatoms. The molecule has 0 spiro atoms. The van der Waals surface area contributed by atoms with Gasteiger partial charge in [-0.1, -0.05) is 42.5 Å². The Labute approximate surface area is 135 Å². The standard InChI is InChI=1S/C19H19N3O/c1-3-22(4-2)19(23)18-17(14-10-6-5-7-11-14)20-15-12-8-9-13-16(15)21-18/h5-13H,3-4H2,1-2H3. The second-order valence-corrected chi connectivity index (χ2v) is 5.25. The molecule has 1 aromatic heterocycles. The molecule has 0 saturated heterocycles. The lowest BCUT2D eigenvalue weighted by Crippen LogP contribution is -2.31. The number of hydrogen-bond donors (Lipinski definition) is 0. The zero-order valence-electron chi connectivity index (χ0n) is 13.4. The van der Waals surface area contributed by atoms with Crippen LogP contribution in [0.2, 0.25) is 0 Å². The summed E-state index contributed by atoms with van der Waals surface area (Å²) in [5.74, 6) is -0.0768. The van der Waals surface area contributed by atoms with Gasteiger partial charge in [0.1, 0.15) is 5.69 Å². The highest BCUT2D eigenvalue weighted by atomic mass is 16.2. The van der Waals surface area contributed by atoms with E-state index in [4.69, 9.17) is 4.98 Å². The van der Waals surface area contributed by atoms with Crippen LogP contribution in [0.3, 0.4) is 0 Å². The van der Waals surface area contributed by atoms with Crippen LogP contribution in [0.5, 0.6) is 0 Å². The maximum absolute atomic E-state index is 12.9. The topological polar surface area (TPSA) is 46.1 Å². The van der Waals surface area contributed by atoms with Gasteiger partial charge in [0.2, 0.25) is 0 Å². The molecule has 0 fully saturated rings. The van der Waals surface area contributed by atoms with Gasteiger partial charge in [0.05, 0.1) is 11.0 Å². The fourth-order valence-electron chi connectivity index (χ4n) is 2.61. The number of carbonyl (C=O) groups is 1. The number of fused-ring (bicyclic) bond motifs is 1. The Kier molecular flexibility index (Phi) is 4.33. The summed E-state index contributed by atoms with van der Waals surface area (Å²) >= 11 is 0. The monoisotopic (exact) mass is 305 g/mol. The molecule has 1 amide bonds. The maximum Gasteiger partial charge on any atom is 0.274 e. The summed E-state index contributed by atoms with van der Waals surface area (Å²) in [7, 11) is 0. The van der Waals surface area contributed by atoms with Gasteiger partial charge in [-0.3, -0.25) is 4.79 Å². The lowest BCUT2D eigenvalue weighted by molar-refractivity contribution is 0.0768. The third-order valence-corrected chi connectivity index (χ3v) is 3.87. The normalized spacial score (nSPS) is 10.7. The first-order valence-electron chi connectivity index (χ1n) is 7.86. The molecule has 1 heterocycles. The van der Waals surface area contributed by atoms with E-state index in [0.717, 1.165) is 16.6 Å².